The molecule has 4 nitrogen and oxygen atoms in total. The Kier molecular flexibility index (Phi) is 4.47. The van der Waals surface area contributed by atoms with Crippen LogP contribution in [0, 0.1) is 5.92 Å². The maximum absolute atomic E-state index is 4.64. The van der Waals surface area contributed by atoms with Crippen LogP contribution in [0.4, 0.5) is 5.69 Å². The van der Waals surface area contributed by atoms with E-state index in [0.717, 1.165) is 34.7 Å². The molecule has 4 aromatic rings. The van der Waals surface area contributed by atoms with Gasteiger partial charge < -0.3 is 9.88 Å². The van der Waals surface area contributed by atoms with Crippen LogP contribution in [-0.4, -0.2) is 21.1 Å². The Balaban J connectivity index is 1.55. The first-order valence-corrected chi connectivity index (χ1v) is 10.3. The number of benzene rings is 2. The number of nitrogens with one attached hydrogen (secondary N) is 1. The van der Waals surface area contributed by atoms with Crippen molar-refractivity contribution in [2.75, 3.05) is 11.9 Å². The van der Waals surface area contributed by atoms with E-state index < -0.39 is 0 Å². The third-order valence-corrected chi connectivity index (χ3v) is 6.09. The van der Waals surface area contributed by atoms with E-state index in [1.54, 1.807) is 12.4 Å². The summed E-state index contributed by atoms with van der Waals surface area (Å²) in [5, 5.41) is 4.94. The molecule has 4 heteroatoms. The average molecular weight is 370 g/mol. The number of hydrogen-bond acceptors (Lipinski definition) is 3. The van der Waals surface area contributed by atoms with Crippen molar-refractivity contribution in [1.29, 1.82) is 0 Å². The van der Waals surface area contributed by atoms with Crippen LogP contribution in [0.3, 0.4) is 0 Å². The quantitative estimate of drug-likeness (QED) is 0.495. The van der Waals surface area contributed by atoms with Crippen LogP contribution in [0.2, 0.25) is 0 Å². The minimum Gasteiger partial charge on any atom is -0.385 e. The van der Waals surface area contributed by atoms with Gasteiger partial charge in [-0.15, -0.1) is 0 Å². The largest absolute Gasteiger partial charge is 0.385 e. The SMILES string of the molecule is Cn1ccc2ccc(-c3cc(NCC4CCCCC4)cc4nccnc34)cc21. The lowest BCUT2D eigenvalue weighted by Crippen LogP contribution is -2.17. The van der Waals surface area contributed by atoms with E-state index in [4.69, 9.17) is 0 Å². The molecular formula is C24H26N4. The van der Waals surface area contributed by atoms with Gasteiger partial charge in [0, 0.05) is 49.0 Å². The van der Waals surface area contributed by atoms with E-state index in [0.29, 0.717) is 0 Å². The number of rotatable bonds is 4. The van der Waals surface area contributed by atoms with Crippen molar-refractivity contribution < 1.29 is 0 Å². The third-order valence-electron chi connectivity index (χ3n) is 6.09. The lowest BCUT2D eigenvalue weighted by molar-refractivity contribution is 0.373. The van der Waals surface area contributed by atoms with Gasteiger partial charge in [0.1, 0.15) is 0 Å². The van der Waals surface area contributed by atoms with Gasteiger partial charge in [0.15, 0.2) is 0 Å². The molecule has 0 saturated heterocycles. The highest BCUT2D eigenvalue weighted by Crippen LogP contribution is 2.32. The lowest BCUT2D eigenvalue weighted by atomic mass is 9.89. The van der Waals surface area contributed by atoms with Gasteiger partial charge in [0.2, 0.25) is 0 Å². The Morgan fingerprint density at radius 3 is 2.75 bits per heavy atom. The molecule has 0 radical (unpaired) electrons. The normalized spacial score (nSPS) is 15.3. The van der Waals surface area contributed by atoms with Gasteiger partial charge in [-0.1, -0.05) is 31.4 Å². The number of hydrogen-bond donors (Lipinski definition) is 1. The molecule has 1 saturated carbocycles. The first-order valence-electron chi connectivity index (χ1n) is 10.3. The second-order valence-electron chi connectivity index (χ2n) is 8.03. The molecule has 28 heavy (non-hydrogen) atoms. The first-order chi connectivity index (χ1) is 13.8. The summed E-state index contributed by atoms with van der Waals surface area (Å²) in [5.74, 6) is 0.787. The van der Waals surface area contributed by atoms with Gasteiger partial charge in [0.25, 0.3) is 0 Å². The topological polar surface area (TPSA) is 42.7 Å². The van der Waals surface area contributed by atoms with E-state index in [2.05, 4.69) is 69.5 Å². The Morgan fingerprint density at radius 1 is 1.00 bits per heavy atom. The van der Waals surface area contributed by atoms with Crippen molar-refractivity contribution in [3.8, 4) is 11.1 Å². The molecular weight excluding hydrogens is 344 g/mol. The fourth-order valence-corrected chi connectivity index (χ4v) is 4.48. The van der Waals surface area contributed by atoms with Crippen molar-refractivity contribution >= 4 is 27.6 Å². The van der Waals surface area contributed by atoms with Crippen LogP contribution in [0.25, 0.3) is 33.1 Å². The van der Waals surface area contributed by atoms with Crippen LogP contribution in [-0.2, 0) is 7.05 Å². The maximum atomic E-state index is 4.64. The highest BCUT2D eigenvalue weighted by molar-refractivity contribution is 5.97. The number of aryl methyl sites for hydroxylation is 1. The lowest BCUT2D eigenvalue weighted by Gasteiger charge is -2.22. The molecule has 0 bridgehead atoms. The van der Waals surface area contributed by atoms with E-state index >= 15 is 0 Å². The minimum absolute atomic E-state index is 0.787. The molecule has 0 spiro atoms. The summed E-state index contributed by atoms with van der Waals surface area (Å²) in [6.45, 7) is 1.04. The summed E-state index contributed by atoms with van der Waals surface area (Å²) < 4.78 is 2.16. The maximum Gasteiger partial charge on any atom is 0.0966 e. The van der Waals surface area contributed by atoms with E-state index in [-0.39, 0.29) is 0 Å². The molecule has 2 heterocycles. The van der Waals surface area contributed by atoms with Crippen molar-refractivity contribution in [2.24, 2.45) is 13.0 Å². The summed E-state index contributed by atoms with van der Waals surface area (Å²) in [7, 11) is 2.09. The summed E-state index contributed by atoms with van der Waals surface area (Å²) in [6.07, 6.45) is 12.5. The summed E-state index contributed by atoms with van der Waals surface area (Å²) >= 11 is 0. The molecule has 0 amide bonds. The Hall–Kier alpha value is -2.88. The van der Waals surface area contributed by atoms with Crippen LogP contribution in [0.15, 0.2) is 55.0 Å². The molecule has 1 N–H and O–H groups in total. The Bertz CT molecular complexity index is 1120. The molecule has 2 aromatic heterocycles. The molecule has 1 aliphatic rings. The van der Waals surface area contributed by atoms with Crippen molar-refractivity contribution in [3.05, 3.63) is 55.0 Å². The summed E-state index contributed by atoms with van der Waals surface area (Å²) in [4.78, 5) is 9.23. The summed E-state index contributed by atoms with van der Waals surface area (Å²) in [6, 6.07) is 13.2. The number of anilines is 1. The number of fused-ring (bicyclic) bond motifs is 2. The molecule has 1 fully saturated rings. The van der Waals surface area contributed by atoms with Crippen molar-refractivity contribution in [2.45, 2.75) is 32.1 Å². The monoisotopic (exact) mass is 370 g/mol. The zero-order chi connectivity index (χ0) is 18.9. The van der Waals surface area contributed by atoms with Crippen LogP contribution < -0.4 is 5.32 Å². The Morgan fingerprint density at radius 2 is 1.86 bits per heavy atom. The van der Waals surface area contributed by atoms with Crippen LogP contribution in [0.1, 0.15) is 32.1 Å². The predicted octanol–water partition coefficient (Wildman–Crippen LogP) is 5.78. The third kappa shape index (κ3) is 3.24. The van der Waals surface area contributed by atoms with Gasteiger partial charge in [-0.3, -0.25) is 9.97 Å². The fourth-order valence-electron chi connectivity index (χ4n) is 4.48. The van der Waals surface area contributed by atoms with Gasteiger partial charge in [-0.25, -0.2) is 0 Å². The number of aromatic nitrogens is 3. The smallest absolute Gasteiger partial charge is 0.0966 e. The van der Waals surface area contributed by atoms with E-state index in [9.17, 15) is 0 Å². The molecule has 0 aliphatic heterocycles. The van der Waals surface area contributed by atoms with E-state index in [1.165, 1.54) is 48.6 Å². The second kappa shape index (κ2) is 7.27. The average Bonchev–Trinajstić information content (AvgIpc) is 3.12. The van der Waals surface area contributed by atoms with Crippen LogP contribution >= 0.6 is 0 Å². The summed E-state index contributed by atoms with van der Waals surface area (Å²) in [5.41, 5.74) is 6.59. The van der Waals surface area contributed by atoms with Gasteiger partial charge in [0.05, 0.1) is 11.0 Å². The van der Waals surface area contributed by atoms with Gasteiger partial charge in [-0.2, -0.15) is 0 Å². The Labute approximate surface area is 165 Å². The standard InChI is InChI=1S/C24H26N4/c1-28-12-9-18-7-8-19(13-23(18)28)21-14-20(15-22-24(21)26-11-10-25-22)27-16-17-5-3-2-4-6-17/h7-15,17,27H,2-6,16H2,1H3. The van der Waals surface area contributed by atoms with E-state index in [1.807, 2.05) is 0 Å². The first kappa shape index (κ1) is 17.2. The second-order valence-corrected chi connectivity index (χ2v) is 8.03. The molecule has 0 unspecified atom stereocenters. The molecule has 0 atom stereocenters. The minimum atomic E-state index is 0.787. The highest BCUT2D eigenvalue weighted by Gasteiger charge is 2.14. The molecule has 2 aromatic carbocycles. The van der Waals surface area contributed by atoms with Crippen molar-refractivity contribution in [1.82, 2.24) is 14.5 Å². The zero-order valence-corrected chi connectivity index (χ0v) is 16.4. The zero-order valence-electron chi connectivity index (χ0n) is 16.4. The predicted molar refractivity (Wildman–Crippen MR) is 117 cm³/mol. The molecule has 142 valence electrons. The van der Waals surface area contributed by atoms with Gasteiger partial charge >= 0.3 is 0 Å². The van der Waals surface area contributed by atoms with Gasteiger partial charge in [-0.05, 0) is 54.0 Å². The highest BCUT2D eigenvalue weighted by atomic mass is 14.9. The van der Waals surface area contributed by atoms with Crippen molar-refractivity contribution in [3.63, 3.8) is 0 Å². The fraction of sp³-hybridized carbons (Fsp3) is 0.333. The number of nitrogens with zero attached hydrogens (tertiary/aromatic N) is 3. The molecule has 5 rings (SSSR count). The molecule has 1 aliphatic carbocycles. The van der Waals surface area contributed by atoms with Crippen LogP contribution in [0.5, 0.6) is 0 Å².